The number of carbonyl (C=O) groups is 1. The van der Waals surface area contributed by atoms with E-state index in [-0.39, 0.29) is 19.0 Å². The lowest BCUT2D eigenvalue weighted by atomic mass is 9.78. The molecule has 116 valence electrons. The van der Waals surface area contributed by atoms with Crippen LogP contribution in [0.5, 0.6) is 0 Å². The van der Waals surface area contributed by atoms with Gasteiger partial charge < -0.3 is 10.4 Å². The molecule has 0 unspecified atom stereocenters. The summed E-state index contributed by atoms with van der Waals surface area (Å²) in [6, 6.07) is 1.61. The van der Waals surface area contributed by atoms with Gasteiger partial charge in [0.25, 0.3) is 0 Å². The third-order valence-corrected chi connectivity index (χ3v) is 4.32. The van der Waals surface area contributed by atoms with Gasteiger partial charge in [-0.1, -0.05) is 13.3 Å². The molecule has 1 aromatic rings. The van der Waals surface area contributed by atoms with E-state index < -0.39 is 11.3 Å². The van der Waals surface area contributed by atoms with E-state index in [0.29, 0.717) is 5.92 Å². The molecule has 0 radical (unpaired) electrons. The van der Waals surface area contributed by atoms with E-state index >= 15 is 0 Å². The zero-order valence-electron chi connectivity index (χ0n) is 12.4. The summed E-state index contributed by atoms with van der Waals surface area (Å²) in [5.41, 5.74) is -1.25. The van der Waals surface area contributed by atoms with Gasteiger partial charge in [-0.05, 0) is 37.7 Å². The van der Waals surface area contributed by atoms with Gasteiger partial charge in [-0.15, -0.1) is 0 Å². The number of hydrogen-bond acceptors (Lipinski definition) is 4. The normalized spacial score (nSPS) is 25.5. The number of nitrogens with zero attached hydrogens (tertiary/aromatic N) is 2. The molecule has 1 saturated carbocycles. The number of nitrogens with one attached hydrogen (secondary N) is 1. The van der Waals surface area contributed by atoms with Crippen LogP contribution in [0.1, 0.15) is 39.0 Å². The first-order valence-corrected chi connectivity index (χ1v) is 7.53. The number of aliphatic hydroxyl groups is 1. The van der Waals surface area contributed by atoms with Gasteiger partial charge in [0, 0.05) is 18.9 Å². The maximum atomic E-state index is 11.9. The Bertz CT molecular complexity index is 533. The van der Waals surface area contributed by atoms with E-state index in [0.717, 1.165) is 32.1 Å². The predicted molar refractivity (Wildman–Crippen MR) is 78.7 cm³/mol. The van der Waals surface area contributed by atoms with Gasteiger partial charge in [0.15, 0.2) is 0 Å². The Morgan fingerprint density at radius 3 is 2.86 bits per heavy atom. The molecule has 1 amide bonds. The van der Waals surface area contributed by atoms with Crippen LogP contribution in [-0.4, -0.2) is 32.7 Å². The first-order valence-electron chi connectivity index (χ1n) is 7.53. The fourth-order valence-electron chi connectivity index (χ4n) is 2.78. The topological polar surface area (TPSA) is 84.2 Å². The van der Waals surface area contributed by atoms with Crippen molar-refractivity contribution in [2.75, 3.05) is 6.54 Å². The van der Waals surface area contributed by atoms with Crippen LogP contribution in [0.3, 0.4) is 0 Å². The second-order valence-electron chi connectivity index (χ2n) is 5.88. The number of aromatic nitrogens is 2. The van der Waals surface area contributed by atoms with Gasteiger partial charge in [-0.3, -0.25) is 9.36 Å². The highest BCUT2D eigenvalue weighted by molar-refractivity contribution is 5.75. The lowest BCUT2D eigenvalue weighted by Crippen LogP contribution is -2.46. The van der Waals surface area contributed by atoms with Gasteiger partial charge in [-0.2, -0.15) is 0 Å². The van der Waals surface area contributed by atoms with Crippen molar-refractivity contribution in [2.24, 2.45) is 5.92 Å². The van der Waals surface area contributed by atoms with Crippen molar-refractivity contribution < 1.29 is 9.90 Å². The molecule has 1 fully saturated rings. The van der Waals surface area contributed by atoms with Gasteiger partial charge >= 0.3 is 5.69 Å². The third-order valence-electron chi connectivity index (χ3n) is 4.32. The molecule has 2 N–H and O–H groups in total. The average Bonchev–Trinajstić information content (AvgIpc) is 2.49. The van der Waals surface area contributed by atoms with Crippen molar-refractivity contribution >= 4 is 5.91 Å². The summed E-state index contributed by atoms with van der Waals surface area (Å²) < 4.78 is 1.24. The van der Waals surface area contributed by atoms with Crippen LogP contribution in [0.15, 0.2) is 23.3 Å². The molecule has 0 aliphatic heterocycles. The maximum absolute atomic E-state index is 11.9. The Hall–Kier alpha value is -1.69. The monoisotopic (exact) mass is 293 g/mol. The number of carbonyl (C=O) groups excluding carboxylic acids is 1. The molecule has 0 saturated heterocycles. The Morgan fingerprint density at radius 2 is 2.24 bits per heavy atom. The van der Waals surface area contributed by atoms with Crippen LogP contribution in [0.2, 0.25) is 0 Å². The molecule has 1 heterocycles. The van der Waals surface area contributed by atoms with Crippen molar-refractivity contribution in [3.63, 3.8) is 0 Å². The van der Waals surface area contributed by atoms with Crippen LogP contribution in [0, 0.1) is 5.92 Å². The van der Waals surface area contributed by atoms with Crippen LogP contribution < -0.4 is 11.0 Å². The van der Waals surface area contributed by atoms with E-state index in [1.807, 2.05) is 0 Å². The minimum absolute atomic E-state index is 0.0691. The predicted octanol–water partition coefficient (Wildman–Crippen LogP) is 0.691. The van der Waals surface area contributed by atoms with Gasteiger partial charge in [0.1, 0.15) is 6.54 Å². The van der Waals surface area contributed by atoms with Gasteiger partial charge in [-0.25, -0.2) is 9.78 Å². The molecular weight excluding hydrogens is 270 g/mol. The summed E-state index contributed by atoms with van der Waals surface area (Å²) in [7, 11) is 0. The maximum Gasteiger partial charge on any atom is 0.347 e. The van der Waals surface area contributed by atoms with Gasteiger partial charge in [0.2, 0.25) is 5.91 Å². The lowest BCUT2D eigenvalue weighted by Gasteiger charge is -2.35. The minimum Gasteiger partial charge on any atom is -0.388 e. The van der Waals surface area contributed by atoms with Gasteiger partial charge in [0.05, 0.1) is 5.60 Å². The second-order valence-corrected chi connectivity index (χ2v) is 5.88. The number of rotatable bonds is 5. The highest BCUT2D eigenvalue weighted by atomic mass is 16.3. The van der Waals surface area contributed by atoms with Crippen molar-refractivity contribution in [3.8, 4) is 0 Å². The highest BCUT2D eigenvalue weighted by Crippen LogP contribution is 2.33. The Labute approximate surface area is 124 Å². The summed E-state index contributed by atoms with van der Waals surface area (Å²) in [6.07, 6.45) is 7.52. The SMILES string of the molecule is CCC1CCC(O)(CNC(=O)Cn2cccnc2=O)CC1. The fourth-order valence-corrected chi connectivity index (χ4v) is 2.78. The molecule has 0 spiro atoms. The zero-order chi connectivity index (χ0) is 15.3. The van der Waals surface area contributed by atoms with Crippen LogP contribution in [-0.2, 0) is 11.3 Å². The molecule has 1 aliphatic carbocycles. The zero-order valence-corrected chi connectivity index (χ0v) is 12.4. The molecule has 1 aromatic heterocycles. The van der Waals surface area contributed by atoms with Crippen LogP contribution in [0.4, 0.5) is 0 Å². The average molecular weight is 293 g/mol. The molecular formula is C15H23N3O3. The van der Waals surface area contributed by atoms with E-state index in [4.69, 9.17) is 0 Å². The largest absolute Gasteiger partial charge is 0.388 e. The van der Waals surface area contributed by atoms with E-state index in [9.17, 15) is 14.7 Å². The van der Waals surface area contributed by atoms with Crippen molar-refractivity contribution in [2.45, 2.75) is 51.2 Å². The molecule has 0 atom stereocenters. The quantitative estimate of drug-likeness (QED) is 0.836. The summed E-state index contributed by atoms with van der Waals surface area (Å²) in [5, 5.41) is 13.2. The lowest BCUT2D eigenvalue weighted by molar-refractivity contribution is -0.123. The summed E-state index contributed by atoms with van der Waals surface area (Å²) in [4.78, 5) is 26.9. The summed E-state index contributed by atoms with van der Waals surface area (Å²) in [5.74, 6) is 0.408. The number of amides is 1. The van der Waals surface area contributed by atoms with Crippen molar-refractivity contribution in [1.82, 2.24) is 14.9 Å². The Kier molecular flexibility index (Phi) is 5.12. The Morgan fingerprint density at radius 1 is 1.52 bits per heavy atom. The van der Waals surface area contributed by atoms with E-state index in [1.54, 1.807) is 6.07 Å². The molecule has 1 aliphatic rings. The smallest absolute Gasteiger partial charge is 0.347 e. The van der Waals surface area contributed by atoms with E-state index in [2.05, 4.69) is 17.2 Å². The minimum atomic E-state index is -0.804. The first-order chi connectivity index (χ1) is 10.0. The second kappa shape index (κ2) is 6.85. The highest BCUT2D eigenvalue weighted by Gasteiger charge is 2.32. The first kappa shape index (κ1) is 15.7. The molecule has 2 rings (SSSR count). The molecule has 0 aromatic carbocycles. The fraction of sp³-hybridized carbons (Fsp3) is 0.667. The number of hydrogen-bond donors (Lipinski definition) is 2. The molecule has 6 nitrogen and oxygen atoms in total. The van der Waals surface area contributed by atoms with Crippen molar-refractivity contribution in [1.29, 1.82) is 0 Å². The van der Waals surface area contributed by atoms with Crippen molar-refractivity contribution in [3.05, 3.63) is 28.9 Å². The third kappa shape index (κ3) is 4.39. The molecule has 0 bridgehead atoms. The van der Waals surface area contributed by atoms with Crippen LogP contribution in [0.25, 0.3) is 0 Å². The molecule has 6 heteroatoms. The summed E-state index contributed by atoms with van der Waals surface area (Å²) in [6.45, 7) is 2.35. The summed E-state index contributed by atoms with van der Waals surface area (Å²) >= 11 is 0. The Balaban J connectivity index is 1.82. The van der Waals surface area contributed by atoms with E-state index in [1.165, 1.54) is 17.0 Å². The van der Waals surface area contributed by atoms with Crippen LogP contribution >= 0.6 is 0 Å². The standard InChI is InChI=1S/C15H23N3O3/c1-2-12-4-6-15(21,7-5-12)11-17-13(19)10-18-9-3-8-16-14(18)20/h3,8-9,12,21H,2,4-7,10-11H2,1H3,(H,17,19). The molecule has 21 heavy (non-hydrogen) atoms.